The Morgan fingerprint density at radius 3 is 2.79 bits per heavy atom. The van der Waals surface area contributed by atoms with E-state index in [1.165, 1.54) is 0 Å². The van der Waals surface area contributed by atoms with Crippen LogP contribution in [0.25, 0.3) is 10.9 Å². The van der Waals surface area contributed by atoms with Crippen LogP contribution in [0.4, 0.5) is 0 Å². The second-order valence-electron chi connectivity index (χ2n) is 5.68. The minimum absolute atomic E-state index is 0.187. The molecule has 0 saturated carbocycles. The predicted octanol–water partition coefficient (Wildman–Crippen LogP) is 4.22. The van der Waals surface area contributed by atoms with Gasteiger partial charge in [-0.15, -0.1) is 0 Å². The van der Waals surface area contributed by atoms with Crippen molar-refractivity contribution in [1.82, 2.24) is 4.98 Å². The zero-order chi connectivity index (χ0) is 16.8. The Labute approximate surface area is 140 Å². The minimum Gasteiger partial charge on any atom is -0.489 e. The first-order valence-corrected chi connectivity index (χ1v) is 7.98. The third-order valence-electron chi connectivity index (χ3n) is 3.87. The van der Waals surface area contributed by atoms with Crippen LogP contribution in [0.15, 0.2) is 60.8 Å². The lowest BCUT2D eigenvalue weighted by atomic mass is 10.1. The maximum Gasteiger partial charge on any atom is 0.303 e. The van der Waals surface area contributed by atoms with Gasteiger partial charge in [0.05, 0.1) is 5.52 Å². The summed E-state index contributed by atoms with van der Waals surface area (Å²) in [6.45, 7) is 0.451. The van der Waals surface area contributed by atoms with Gasteiger partial charge in [-0.05, 0) is 36.6 Å². The second kappa shape index (κ2) is 7.59. The van der Waals surface area contributed by atoms with Gasteiger partial charge >= 0.3 is 5.97 Å². The molecule has 4 heteroatoms. The molecule has 0 aliphatic carbocycles. The molecule has 1 N–H and O–H groups in total. The van der Waals surface area contributed by atoms with Crippen molar-refractivity contribution in [3.8, 4) is 5.75 Å². The van der Waals surface area contributed by atoms with Gasteiger partial charge in [0.25, 0.3) is 0 Å². The summed E-state index contributed by atoms with van der Waals surface area (Å²) in [5.74, 6) is 0.0293. The summed E-state index contributed by atoms with van der Waals surface area (Å²) in [5.41, 5.74) is 3.09. The zero-order valence-electron chi connectivity index (χ0n) is 13.3. The number of fused-ring (bicyclic) bond motifs is 1. The molecule has 0 unspecified atom stereocenters. The first-order chi connectivity index (χ1) is 11.7. The van der Waals surface area contributed by atoms with Crippen molar-refractivity contribution in [3.63, 3.8) is 0 Å². The van der Waals surface area contributed by atoms with Crippen molar-refractivity contribution < 1.29 is 14.6 Å². The SMILES string of the molecule is O=C(O)CCCc1cccc(OCc2cccc3cccnc23)c1. The Morgan fingerprint density at radius 1 is 1.08 bits per heavy atom. The van der Waals surface area contributed by atoms with Crippen molar-refractivity contribution in [3.05, 3.63) is 71.9 Å². The van der Waals surface area contributed by atoms with E-state index in [0.717, 1.165) is 34.2 Å². The number of aryl methyl sites for hydroxylation is 1. The molecule has 3 aromatic rings. The Bertz CT molecular complexity index is 840. The summed E-state index contributed by atoms with van der Waals surface area (Å²) < 4.78 is 5.91. The van der Waals surface area contributed by atoms with Gasteiger partial charge in [0.15, 0.2) is 0 Å². The number of hydrogen-bond acceptors (Lipinski definition) is 3. The number of benzene rings is 2. The summed E-state index contributed by atoms with van der Waals surface area (Å²) in [4.78, 5) is 15.0. The summed E-state index contributed by atoms with van der Waals surface area (Å²) in [5, 5.41) is 9.81. The number of carboxylic acids is 1. The van der Waals surface area contributed by atoms with E-state index in [-0.39, 0.29) is 6.42 Å². The molecule has 122 valence electrons. The van der Waals surface area contributed by atoms with Crippen LogP contribution >= 0.6 is 0 Å². The fourth-order valence-corrected chi connectivity index (χ4v) is 2.68. The van der Waals surface area contributed by atoms with Crippen LogP contribution in [-0.4, -0.2) is 16.1 Å². The molecular formula is C20H19NO3. The molecule has 0 saturated heterocycles. The first kappa shape index (κ1) is 16.0. The predicted molar refractivity (Wildman–Crippen MR) is 93.1 cm³/mol. The van der Waals surface area contributed by atoms with Gasteiger partial charge < -0.3 is 9.84 Å². The Morgan fingerprint density at radius 2 is 1.92 bits per heavy atom. The average Bonchev–Trinajstić information content (AvgIpc) is 2.60. The summed E-state index contributed by atoms with van der Waals surface area (Å²) in [6.07, 6.45) is 3.34. The smallest absolute Gasteiger partial charge is 0.303 e. The van der Waals surface area contributed by atoms with Gasteiger partial charge in [-0.2, -0.15) is 0 Å². The number of rotatable bonds is 7. The number of nitrogens with zero attached hydrogens (tertiary/aromatic N) is 1. The van der Waals surface area contributed by atoms with Crippen molar-refractivity contribution in [2.45, 2.75) is 25.9 Å². The van der Waals surface area contributed by atoms with Crippen LogP contribution in [0.3, 0.4) is 0 Å². The van der Waals surface area contributed by atoms with E-state index in [9.17, 15) is 4.79 Å². The molecule has 0 aliphatic rings. The number of hydrogen-bond donors (Lipinski definition) is 1. The van der Waals surface area contributed by atoms with E-state index in [1.807, 2.05) is 54.6 Å². The number of carbonyl (C=O) groups is 1. The van der Waals surface area contributed by atoms with E-state index >= 15 is 0 Å². The standard InChI is InChI=1S/C20H19NO3/c22-19(23)11-2-6-15-5-1-10-18(13-15)24-14-17-8-3-7-16-9-4-12-21-20(16)17/h1,3-5,7-10,12-13H,2,6,11,14H2,(H,22,23). The number of ether oxygens (including phenoxy) is 1. The van der Waals surface area contributed by atoms with Crippen molar-refractivity contribution in [2.24, 2.45) is 0 Å². The van der Waals surface area contributed by atoms with Crippen LogP contribution in [-0.2, 0) is 17.8 Å². The summed E-state index contributed by atoms with van der Waals surface area (Å²) >= 11 is 0. The normalized spacial score (nSPS) is 10.7. The maximum atomic E-state index is 10.6. The molecule has 0 amide bonds. The molecular weight excluding hydrogens is 302 g/mol. The topological polar surface area (TPSA) is 59.4 Å². The highest BCUT2D eigenvalue weighted by atomic mass is 16.5. The molecule has 4 nitrogen and oxygen atoms in total. The maximum absolute atomic E-state index is 10.6. The summed E-state index contributed by atoms with van der Waals surface area (Å²) in [7, 11) is 0. The minimum atomic E-state index is -0.758. The van der Waals surface area contributed by atoms with E-state index in [1.54, 1.807) is 6.20 Å². The lowest BCUT2D eigenvalue weighted by Gasteiger charge is -2.10. The highest BCUT2D eigenvalue weighted by Crippen LogP contribution is 2.20. The first-order valence-electron chi connectivity index (χ1n) is 7.98. The van der Waals surface area contributed by atoms with Crippen molar-refractivity contribution in [1.29, 1.82) is 0 Å². The van der Waals surface area contributed by atoms with Gasteiger partial charge in [-0.1, -0.05) is 36.4 Å². The second-order valence-corrected chi connectivity index (χ2v) is 5.68. The molecule has 3 rings (SSSR count). The summed E-state index contributed by atoms with van der Waals surface area (Å²) in [6, 6.07) is 17.8. The largest absolute Gasteiger partial charge is 0.489 e. The third-order valence-corrected chi connectivity index (χ3v) is 3.87. The monoisotopic (exact) mass is 321 g/mol. The van der Waals surface area contributed by atoms with Gasteiger partial charge in [0, 0.05) is 23.6 Å². The van der Waals surface area contributed by atoms with Crippen LogP contribution in [0, 0.1) is 0 Å². The fraction of sp³-hybridized carbons (Fsp3) is 0.200. The number of carboxylic acid groups (broad SMARTS) is 1. The molecule has 0 atom stereocenters. The molecule has 0 aliphatic heterocycles. The van der Waals surface area contributed by atoms with Crippen LogP contribution < -0.4 is 4.74 Å². The molecule has 2 aromatic carbocycles. The molecule has 24 heavy (non-hydrogen) atoms. The number of aromatic nitrogens is 1. The molecule has 1 aromatic heterocycles. The van der Waals surface area contributed by atoms with E-state index in [0.29, 0.717) is 13.0 Å². The lowest BCUT2D eigenvalue weighted by molar-refractivity contribution is -0.137. The van der Waals surface area contributed by atoms with Crippen molar-refractivity contribution in [2.75, 3.05) is 0 Å². The Balaban J connectivity index is 1.67. The molecule has 0 radical (unpaired) electrons. The Kier molecular flexibility index (Phi) is 5.06. The highest BCUT2D eigenvalue weighted by Gasteiger charge is 2.04. The van der Waals surface area contributed by atoms with E-state index in [2.05, 4.69) is 4.98 Å². The van der Waals surface area contributed by atoms with Crippen LogP contribution in [0.5, 0.6) is 5.75 Å². The van der Waals surface area contributed by atoms with Gasteiger partial charge in [0.2, 0.25) is 0 Å². The van der Waals surface area contributed by atoms with E-state index in [4.69, 9.17) is 9.84 Å². The average molecular weight is 321 g/mol. The Hall–Kier alpha value is -2.88. The quantitative estimate of drug-likeness (QED) is 0.708. The molecule has 0 bridgehead atoms. The van der Waals surface area contributed by atoms with Gasteiger partial charge in [-0.25, -0.2) is 0 Å². The number of aliphatic carboxylic acids is 1. The van der Waals surface area contributed by atoms with Crippen molar-refractivity contribution >= 4 is 16.9 Å². The fourth-order valence-electron chi connectivity index (χ4n) is 2.68. The van der Waals surface area contributed by atoms with Crippen LogP contribution in [0.2, 0.25) is 0 Å². The molecule has 1 heterocycles. The number of para-hydroxylation sites is 1. The zero-order valence-corrected chi connectivity index (χ0v) is 13.3. The number of pyridine rings is 1. The van der Waals surface area contributed by atoms with E-state index < -0.39 is 5.97 Å². The molecule has 0 fully saturated rings. The lowest BCUT2D eigenvalue weighted by Crippen LogP contribution is -1.99. The van der Waals surface area contributed by atoms with Gasteiger partial charge in [-0.3, -0.25) is 9.78 Å². The van der Waals surface area contributed by atoms with Gasteiger partial charge in [0.1, 0.15) is 12.4 Å². The highest BCUT2D eigenvalue weighted by molar-refractivity contribution is 5.81. The third kappa shape index (κ3) is 4.10. The van der Waals surface area contributed by atoms with Crippen LogP contribution in [0.1, 0.15) is 24.0 Å². The molecule has 0 spiro atoms.